The predicted octanol–water partition coefficient (Wildman–Crippen LogP) is 2.79. The Morgan fingerprint density at radius 2 is 2.06 bits per heavy atom. The molecule has 0 radical (unpaired) electrons. The molecule has 18 heavy (non-hydrogen) atoms. The molecular weight excluding hydrogens is 254 g/mol. The van der Waals surface area contributed by atoms with Gasteiger partial charge < -0.3 is 9.47 Å². The van der Waals surface area contributed by atoms with Gasteiger partial charge >= 0.3 is 6.09 Å². The summed E-state index contributed by atoms with van der Waals surface area (Å²) in [6.45, 7) is 0. The van der Waals surface area contributed by atoms with Gasteiger partial charge in [0.1, 0.15) is 11.9 Å². The van der Waals surface area contributed by atoms with E-state index in [2.05, 4.69) is 0 Å². The summed E-state index contributed by atoms with van der Waals surface area (Å²) in [5.74, 6) is 0.761. The molecule has 1 aliphatic heterocycles. The predicted molar refractivity (Wildman–Crippen MR) is 68.4 cm³/mol. The summed E-state index contributed by atoms with van der Waals surface area (Å²) in [6.07, 6.45) is 1.36. The summed E-state index contributed by atoms with van der Waals surface area (Å²) in [7, 11) is 1.61. The number of methoxy groups -OCH3 is 1. The fourth-order valence-electron chi connectivity index (χ4n) is 2.68. The van der Waals surface area contributed by atoms with Gasteiger partial charge in [0.2, 0.25) is 0 Å². The second-order valence-corrected chi connectivity index (χ2v) is 5.13. The second kappa shape index (κ2) is 4.35. The van der Waals surface area contributed by atoms with Crippen LogP contribution in [0.25, 0.3) is 0 Å². The van der Waals surface area contributed by atoms with Crippen LogP contribution in [0.1, 0.15) is 12.8 Å². The van der Waals surface area contributed by atoms with Crippen molar-refractivity contribution < 1.29 is 14.3 Å². The number of alkyl halides is 1. The molecule has 0 unspecified atom stereocenters. The lowest BCUT2D eigenvalue weighted by Crippen LogP contribution is -2.39. The summed E-state index contributed by atoms with van der Waals surface area (Å²) in [5, 5.41) is -0.0384. The number of amides is 1. The van der Waals surface area contributed by atoms with Crippen molar-refractivity contribution in [2.45, 2.75) is 30.4 Å². The molecule has 0 aromatic heterocycles. The van der Waals surface area contributed by atoms with E-state index in [0.29, 0.717) is 0 Å². The van der Waals surface area contributed by atoms with Crippen LogP contribution in [0.3, 0.4) is 0 Å². The zero-order valence-electron chi connectivity index (χ0n) is 10.0. The zero-order chi connectivity index (χ0) is 12.7. The molecule has 0 spiro atoms. The smallest absolute Gasteiger partial charge is 0.415 e. The van der Waals surface area contributed by atoms with Gasteiger partial charge in [-0.1, -0.05) is 0 Å². The average Bonchev–Trinajstić information content (AvgIpc) is 2.89. The van der Waals surface area contributed by atoms with E-state index in [1.165, 1.54) is 0 Å². The summed E-state index contributed by atoms with van der Waals surface area (Å²) in [5.41, 5.74) is 0.806. The second-order valence-electron chi connectivity index (χ2n) is 4.57. The van der Waals surface area contributed by atoms with Crippen LogP contribution in [0.2, 0.25) is 0 Å². The first kappa shape index (κ1) is 11.7. The van der Waals surface area contributed by atoms with Gasteiger partial charge in [0.25, 0.3) is 0 Å². The summed E-state index contributed by atoms with van der Waals surface area (Å²) >= 11 is 6.28. The first-order chi connectivity index (χ1) is 8.70. The standard InChI is InChI=1S/C13H14ClNO3/c1-17-9-4-2-8(3-5-9)15-12-10(14)6-7-11(12)18-13(15)16/h2-5,10-12H,6-7H2,1H3/t10-,11-,12+/m1/s1. The van der Waals surface area contributed by atoms with E-state index in [1.54, 1.807) is 12.0 Å². The largest absolute Gasteiger partial charge is 0.497 e. The van der Waals surface area contributed by atoms with E-state index in [-0.39, 0.29) is 23.6 Å². The van der Waals surface area contributed by atoms with Gasteiger partial charge in [0, 0.05) is 5.69 Å². The quantitative estimate of drug-likeness (QED) is 0.774. The molecule has 96 valence electrons. The third kappa shape index (κ3) is 1.72. The van der Waals surface area contributed by atoms with Gasteiger partial charge in [-0.05, 0) is 37.1 Å². The highest BCUT2D eigenvalue weighted by atomic mass is 35.5. The van der Waals surface area contributed by atoms with E-state index in [4.69, 9.17) is 21.1 Å². The number of hydrogen-bond acceptors (Lipinski definition) is 3. The lowest BCUT2D eigenvalue weighted by Gasteiger charge is -2.23. The topological polar surface area (TPSA) is 38.8 Å². The zero-order valence-corrected chi connectivity index (χ0v) is 10.8. The van der Waals surface area contributed by atoms with Crippen LogP contribution in [0.4, 0.5) is 10.5 Å². The van der Waals surface area contributed by atoms with Crippen molar-refractivity contribution in [3.8, 4) is 5.75 Å². The van der Waals surface area contributed by atoms with Crippen LogP contribution in [-0.2, 0) is 4.74 Å². The van der Waals surface area contributed by atoms with Gasteiger partial charge in [-0.15, -0.1) is 11.6 Å². The maximum Gasteiger partial charge on any atom is 0.415 e. The van der Waals surface area contributed by atoms with Crippen LogP contribution in [0, 0.1) is 0 Å². The van der Waals surface area contributed by atoms with E-state index in [0.717, 1.165) is 24.3 Å². The van der Waals surface area contributed by atoms with Crippen molar-refractivity contribution in [2.75, 3.05) is 12.0 Å². The molecule has 1 amide bonds. The Hall–Kier alpha value is -1.42. The Kier molecular flexibility index (Phi) is 2.82. The van der Waals surface area contributed by atoms with E-state index in [9.17, 15) is 4.79 Å². The molecule has 0 bridgehead atoms. The highest BCUT2D eigenvalue weighted by Crippen LogP contribution is 2.39. The molecule has 0 N–H and O–H groups in total. The number of halogens is 1. The molecule has 4 nitrogen and oxygen atoms in total. The number of fused-ring (bicyclic) bond motifs is 1. The average molecular weight is 268 g/mol. The van der Waals surface area contributed by atoms with Crippen molar-refractivity contribution >= 4 is 23.4 Å². The number of hydrogen-bond donors (Lipinski definition) is 0. The minimum atomic E-state index is -0.305. The van der Waals surface area contributed by atoms with E-state index < -0.39 is 0 Å². The Balaban J connectivity index is 1.91. The number of carbonyl (C=O) groups excluding carboxylic acids is 1. The Morgan fingerprint density at radius 3 is 2.72 bits per heavy atom. The third-order valence-corrected chi connectivity index (χ3v) is 4.05. The monoisotopic (exact) mass is 267 g/mol. The molecule has 3 rings (SSSR count). The molecular formula is C13H14ClNO3. The minimum absolute atomic E-state index is 0.0384. The first-order valence-electron chi connectivity index (χ1n) is 5.98. The Morgan fingerprint density at radius 1 is 1.33 bits per heavy atom. The normalized spacial score (nSPS) is 30.2. The van der Waals surface area contributed by atoms with Crippen LogP contribution >= 0.6 is 11.6 Å². The fourth-order valence-corrected chi connectivity index (χ4v) is 3.08. The maximum atomic E-state index is 11.9. The molecule has 1 saturated heterocycles. The number of nitrogens with zero attached hydrogens (tertiary/aromatic N) is 1. The SMILES string of the molecule is COc1ccc(N2C(=O)O[C@@H]3CC[C@@H](Cl)[C@@H]32)cc1. The highest BCUT2D eigenvalue weighted by Gasteiger charge is 2.50. The fraction of sp³-hybridized carbons (Fsp3) is 0.462. The molecule has 1 saturated carbocycles. The molecule has 3 atom stereocenters. The van der Waals surface area contributed by atoms with Gasteiger partial charge in [0.15, 0.2) is 0 Å². The lowest BCUT2D eigenvalue weighted by molar-refractivity contribution is 0.138. The first-order valence-corrected chi connectivity index (χ1v) is 6.42. The van der Waals surface area contributed by atoms with E-state index in [1.807, 2.05) is 24.3 Å². The summed E-state index contributed by atoms with van der Waals surface area (Å²) < 4.78 is 10.5. The molecule has 1 aliphatic carbocycles. The number of carbonyl (C=O) groups is 1. The van der Waals surface area contributed by atoms with Crippen molar-refractivity contribution in [1.29, 1.82) is 0 Å². The Labute approximate surface area is 110 Å². The molecule has 5 heteroatoms. The van der Waals surface area contributed by atoms with Crippen molar-refractivity contribution in [1.82, 2.24) is 0 Å². The number of rotatable bonds is 2. The van der Waals surface area contributed by atoms with Crippen molar-refractivity contribution in [3.63, 3.8) is 0 Å². The third-order valence-electron chi connectivity index (χ3n) is 3.58. The van der Waals surface area contributed by atoms with Gasteiger partial charge in [-0.25, -0.2) is 4.79 Å². The summed E-state index contributed by atoms with van der Waals surface area (Å²) in [4.78, 5) is 13.6. The van der Waals surface area contributed by atoms with Crippen LogP contribution < -0.4 is 9.64 Å². The molecule has 1 aromatic rings. The van der Waals surface area contributed by atoms with Gasteiger partial charge in [-0.3, -0.25) is 4.90 Å². The molecule has 2 aliphatic rings. The van der Waals surface area contributed by atoms with Gasteiger partial charge in [-0.2, -0.15) is 0 Å². The Bertz CT molecular complexity index is 462. The molecule has 1 heterocycles. The van der Waals surface area contributed by atoms with Crippen molar-refractivity contribution in [3.05, 3.63) is 24.3 Å². The van der Waals surface area contributed by atoms with Crippen LogP contribution in [-0.4, -0.2) is 30.7 Å². The van der Waals surface area contributed by atoms with Gasteiger partial charge in [0.05, 0.1) is 18.5 Å². The van der Waals surface area contributed by atoms with Crippen LogP contribution in [0.5, 0.6) is 5.75 Å². The molecule has 1 aromatic carbocycles. The molecule has 2 fully saturated rings. The minimum Gasteiger partial charge on any atom is -0.497 e. The number of benzene rings is 1. The van der Waals surface area contributed by atoms with Crippen LogP contribution in [0.15, 0.2) is 24.3 Å². The highest BCUT2D eigenvalue weighted by molar-refractivity contribution is 6.22. The lowest BCUT2D eigenvalue weighted by atomic mass is 10.1. The van der Waals surface area contributed by atoms with Crippen molar-refractivity contribution in [2.24, 2.45) is 0 Å². The number of ether oxygens (including phenoxy) is 2. The number of anilines is 1. The van der Waals surface area contributed by atoms with E-state index >= 15 is 0 Å². The summed E-state index contributed by atoms with van der Waals surface area (Å²) in [6, 6.07) is 7.31. The maximum absolute atomic E-state index is 11.9.